The molecule has 2 aromatic carbocycles. The Bertz CT molecular complexity index is 588. The van der Waals surface area contributed by atoms with Crippen molar-refractivity contribution in [3.63, 3.8) is 0 Å². The van der Waals surface area contributed by atoms with Gasteiger partial charge < -0.3 is 9.47 Å². The third-order valence-electron chi connectivity index (χ3n) is 3.07. The smallest absolute Gasteiger partial charge is 0.310 e. The molecule has 0 aliphatic heterocycles. The number of ether oxygens (including phenoxy) is 2. The van der Waals surface area contributed by atoms with Crippen molar-refractivity contribution in [2.75, 3.05) is 6.61 Å². The number of benzene rings is 2. The minimum absolute atomic E-state index is 0.200. The first-order valence-electron chi connectivity index (χ1n) is 7.10. The molecule has 3 heteroatoms. The number of carbonyl (C=O) groups excluding carboxylic acids is 1. The van der Waals surface area contributed by atoms with Crippen LogP contribution in [0.4, 0.5) is 0 Å². The molecule has 0 spiro atoms. The van der Waals surface area contributed by atoms with Crippen LogP contribution in [0, 0.1) is 6.92 Å². The maximum atomic E-state index is 11.5. The number of carbonyl (C=O) groups is 1. The lowest BCUT2D eigenvalue weighted by Crippen LogP contribution is -2.07. The van der Waals surface area contributed by atoms with E-state index in [-0.39, 0.29) is 5.97 Å². The number of hydrogen-bond acceptors (Lipinski definition) is 3. The molecule has 0 amide bonds. The highest BCUT2D eigenvalue weighted by Gasteiger charge is 2.05. The van der Waals surface area contributed by atoms with E-state index in [0.29, 0.717) is 19.6 Å². The van der Waals surface area contributed by atoms with Crippen molar-refractivity contribution >= 4 is 5.97 Å². The van der Waals surface area contributed by atoms with Crippen molar-refractivity contribution in [3.8, 4) is 5.75 Å². The SMILES string of the molecule is CCOC(=O)Cc1cccc(COc2ccc(C)cc2)c1. The van der Waals surface area contributed by atoms with E-state index < -0.39 is 0 Å². The Labute approximate surface area is 125 Å². The summed E-state index contributed by atoms with van der Waals surface area (Å²) in [4.78, 5) is 11.5. The van der Waals surface area contributed by atoms with Crippen LogP contribution in [0.1, 0.15) is 23.6 Å². The van der Waals surface area contributed by atoms with E-state index in [9.17, 15) is 4.79 Å². The molecule has 2 rings (SSSR count). The van der Waals surface area contributed by atoms with Crippen molar-refractivity contribution in [3.05, 3.63) is 65.2 Å². The second-order valence-corrected chi connectivity index (χ2v) is 4.90. The number of aryl methyl sites for hydroxylation is 1. The summed E-state index contributed by atoms with van der Waals surface area (Å²) in [7, 11) is 0. The second-order valence-electron chi connectivity index (χ2n) is 4.90. The van der Waals surface area contributed by atoms with Crippen LogP contribution in [-0.2, 0) is 22.6 Å². The first kappa shape index (κ1) is 15.1. The van der Waals surface area contributed by atoms with Crippen molar-refractivity contribution in [2.45, 2.75) is 26.9 Å². The lowest BCUT2D eigenvalue weighted by Gasteiger charge is -2.08. The molecule has 0 N–H and O–H groups in total. The zero-order valence-corrected chi connectivity index (χ0v) is 12.5. The maximum absolute atomic E-state index is 11.5. The molecule has 0 fully saturated rings. The van der Waals surface area contributed by atoms with E-state index in [4.69, 9.17) is 9.47 Å². The van der Waals surface area contributed by atoms with E-state index in [1.54, 1.807) is 0 Å². The minimum atomic E-state index is -0.200. The molecular formula is C18H20O3. The van der Waals surface area contributed by atoms with Crippen LogP contribution < -0.4 is 4.74 Å². The van der Waals surface area contributed by atoms with Gasteiger partial charge in [-0.3, -0.25) is 4.79 Å². The molecule has 3 nitrogen and oxygen atoms in total. The van der Waals surface area contributed by atoms with Gasteiger partial charge in [0.05, 0.1) is 13.0 Å². The van der Waals surface area contributed by atoms with Crippen LogP contribution in [0.5, 0.6) is 5.75 Å². The largest absolute Gasteiger partial charge is 0.489 e. The summed E-state index contributed by atoms with van der Waals surface area (Å²) in [6.07, 6.45) is 0.298. The molecule has 0 aliphatic rings. The van der Waals surface area contributed by atoms with E-state index in [0.717, 1.165) is 16.9 Å². The molecule has 21 heavy (non-hydrogen) atoms. The number of esters is 1. The summed E-state index contributed by atoms with van der Waals surface area (Å²) in [5.74, 6) is 0.644. The first-order valence-corrected chi connectivity index (χ1v) is 7.10. The van der Waals surface area contributed by atoms with Crippen LogP contribution in [0.2, 0.25) is 0 Å². The Morgan fingerprint density at radius 1 is 1.05 bits per heavy atom. The molecule has 0 aromatic heterocycles. The number of hydrogen-bond donors (Lipinski definition) is 0. The molecule has 0 bridgehead atoms. The molecule has 0 radical (unpaired) electrons. The van der Waals surface area contributed by atoms with Gasteiger partial charge in [-0.05, 0) is 37.1 Å². The highest BCUT2D eigenvalue weighted by atomic mass is 16.5. The Morgan fingerprint density at radius 2 is 1.76 bits per heavy atom. The Morgan fingerprint density at radius 3 is 2.48 bits per heavy atom. The second kappa shape index (κ2) is 7.48. The molecule has 0 unspecified atom stereocenters. The van der Waals surface area contributed by atoms with E-state index in [1.807, 2.05) is 62.4 Å². The third-order valence-corrected chi connectivity index (χ3v) is 3.07. The van der Waals surface area contributed by atoms with Crippen LogP contribution in [0.25, 0.3) is 0 Å². The monoisotopic (exact) mass is 284 g/mol. The van der Waals surface area contributed by atoms with Gasteiger partial charge in [-0.15, -0.1) is 0 Å². The highest BCUT2D eigenvalue weighted by Crippen LogP contribution is 2.14. The molecule has 0 saturated heterocycles. The van der Waals surface area contributed by atoms with Gasteiger partial charge in [0.2, 0.25) is 0 Å². The summed E-state index contributed by atoms with van der Waals surface area (Å²) < 4.78 is 10.7. The standard InChI is InChI=1S/C18H20O3/c1-3-20-18(19)12-15-5-4-6-16(11-15)13-21-17-9-7-14(2)8-10-17/h4-11H,3,12-13H2,1-2H3. The van der Waals surface area contributed by atoms with Crippen molar-refractivity contribution in [2.24, 2.45) is 0 Å². The molecule has 0 heterocycles. The van der Waals surface area contributed by atoms with Gasteiger partial charge in [-0.2, -0.15) is 0 Å². The van der Waals surface area contributed by atoms with Gasteiger partial charge in [0.15, 0.2) is 0 Å². The van der Waals surface area contributed by atoms with Crippen LogP contribution >= 0.6 is 0 Å². The summed E-state index contributed by atoms with van der Waals surface area (Å²) in [6, 6.07) is 15.8. The molecule has 0 aliphatic carbocycles. The van der Waals surface area contributed by atoms with Crippen molar-refractivity contribution < 1.29 is 14.3 Å². The molecule has 2 aromatic rings. The van der Waals surface area contributed by atoms with Gasteiger partial charge >= 0.3 is 5.97 Å². The van der Waals surface area contributed by atoms with Gasteiger partial charge in [-0.25, -0.2) is 0 Å². The average Bonchev–Trinajstić information content (AvgIpc) is 2.47. The topological polar surface area (TPSA) is 35.5 Å². The predicted molar refractivity (Wildman–Crippen MR) is 82.3 cm³/mol. The first-order chi connectivity index (χ1) is 10.2. The fourth-order valence-corrected chi connectivity index (χ4v) is 2.01. The Kier molecular flexibility index (Phi) is 5.38. The summed E-state index contributed by atoms with van der Waals surface area (Å²) >= 11 is 0. The maximum Gasteiger partial charge on any atom is 0.310 e. The van der Waals surface area contributed by atoms with E-state index in [2.05, 4.69) is 0 Å². The van der Waals surface area contributed by atoms with Crippen molar-refractivity contribution in [1.82, 2.24) is 0 Å². The third kappa shape index (κ3) is 4.95. The lowest BCUT2D eigenvalue weighted by molar-refractivity contribution is -0.142. The Balaban J connectivity index is 1.94. The van der Waals surface area contributed by atoms with E-state index in [1.165, 1.54) is 5.56 Å². The van der Waals surface area contributed by atoms with Crippen LogP contribution in [-0.4, -0.2) is 12.6 Å². The van der Waals surface area contributed by atoms with Gasteiger partial charge in [0, 0.05) is 0 Å². The Hall–Kier alpha value is -2.29. The molecule has 0 atom stereocenters. The fraction of sp³-hybridized carbons (Fsp3) is 0.278. The molecule has 0 saturated carbocycles. The van der Waals surface area contributed by atoms with E-state index >= 15 is 0 Å². The number of rotatable bonds is 6. The van der Waals surface area contributed by atoms with Gasteiger partial charge in [0.1, 0.15) is 12.4 Å². The summed E-state index contributed by atoms with van der Waals surface area (Å²) in [6.45, 7) is 4.75. The zero-order chi connectivity index (χ0) is 15.1. The van der Waals surface area contributed by atoms with Crippen LogP contribution in [0.15, 0.2) is 48.5 Å². The zero-order valence-electron chi connectivity index (χ0n) is 12.5. The average molecular weight is 284 g/mol. The predicted octanol–water partition coefficient (Wildman–Crippen LogP) is 3.68. The molecular weight excluding hydrogens is 264 g/mol. The quantitative estimate of drug-likeness (QED) is 0.759. The fourth-order valence-electron chi connectivity index (χ4n) is 2.01. The lowest BCUT2D eigenvalue weighted by atomic mass is 10.1. The highest BCUT2D eigenvalue weighted by molar-refractivity contribution is 5.72. The van der Waals surface area contributed by atoms with Crippen LogP contribution in [0.3, 0.4) is 0 Å². The molecule has 110 valence electrons. The summed E-state index contributed by atoms with van der Waals surface area (Å²) in [5.41, 5.74) is 3.19. The van der Waals surface area contributed by atoms with Crippen molar-refractivity contribution in [1.29, 1.82) is 0 Å². The van der Waals surface area contributed by atoms with Gasteiger partial charge in [0.25, 0.3) is 0 Å². The normalized spacial score (nSPS) is 10.2. The van der Waals surface area contributed by atoms with Gasteiger partial charge in [-0.1, -0.05) is 42.0 Å². The summed E-state index contributed by atoms with van der Waals surface area (Å²) in [5, 5.41) is 0. The minimum Gasteiger partial charge on any atom is -0.489 e.